The number of aryl methyl sites for hydroxylation is 1. The van der Waals surface area contributed by atoms with Gasteiger partial charge < -0.3 is 5.11 Å². The van der Waals surface area contributed by atoms with Crippen LogP contribution >= 0.6 is 11.3 Å². The molecule has 24 heavy (non-hydrogen) atoms. The maximum Gasteiger partial charge on any atom is 0.227 e. The zero-order chi connectivity index (χ0) is 18.3. The number of rotatable bonds is 3. The first-order valence-electron chi connectivity index (χ1n) is 8.25. The van der Waals surface area contributed by atoms with Crippen LogP contribution in [0.2, 0.25) is 0 Å². The van der Waals surface area contributed by atoms with E-state index in [4.69, 9.17) is 0 Å². The minimum atomic E-state index is -0.241. The van der Waals surface area contributed by atoms with E-state index in [0.717, 1.165) is 11.1 Å². The highest BCUT2D eigenvalue weighted by Crippen LogP contribution is 2.41. The van der Waals surface area contributed by atoms with Crippen LogP contribution in [0.4, 0.5) is 0 Å². The van der Waals surface area contributed by atoms with Gasteiger partial charge in [-0.15, -0.1) is 0 Å². The first kappa shape index (κ1) is 18.7. The van der Waals surface area contributed by atoms with Crippen LogP contribution in [0.25, 0.3) is 0 Å². The molecule has 0 atom stereocenters. The monoisotopic (exact) mass is 346 g/mol. The Balaban J connectivity index is 2.59. The van der Waals surface area contributed by atoms with Crippen molar-refractivity contribution in [1.82, 2.24) is 0 Å². The van der Waals surface area contributed by atoms with E-state index >= 15 is 0 Å². The maximum atomic E-state index is 13.0. The quantitative estimate of drug-likeness (QED) is 0.655. The molecule has 0 bridgehead atoms. The number of aromatic hydroxyl groups is 1. The predicted octanol–water partition coefficient (Wildman–Crippen LogP) is 4.53. The highest BCUT2D eigenvalue weighted by molar-refractivity contribution is 7.09. The van der Waals surface area contributed by atoms with E-state index in [1.54, 1.807) is 23.5 Å². The van der Waals surface area contributed by atoms with Crippen LogP contribution in [0.3, 0.4) is 0 Å². The van der Waals surface area contributed by atoms with Crippen molar-refractivity contribution in [3.05, 3.63) is 45.4 Å². The van der Waals surface area contributed by atoms with E-state index in [1.807, 2.05) is 23.2 Å². The number of benzene rings is 1. The van der Waals surface area contributed by atoms with Crippen molar-refractivity contribution in [2.45, 2.75) is 65.8 Å². The normalized spacial score (nSPS) is 12.5. The Kier molecular flexibility index (Phi) is 4.91. The Morgan fingerprint density at radius 2 is 1.67 bits per heavy atom. The molecule has 3 nitrogen and oxygen atoms in total. The summed E-state index contributed by atoms with van der Waals surface area (Å²) in [5.41, 5.74) is 4.02. The fourth-order valence-corrected chi connectivity index (χ4v) is 3.77. The van der Waals surface area contributed by atoms with E-state index < -0.39 is 0 Å². The summed E-state index contributed by atoms with van der Waals surface area (Å²) >= 11 is 1.63. The molecule has 0 unspecified atom stereocenters. The number of phenolic OH excluding ortho intramolecular Hbond substituents is 1. The SMILES string of the molecule is Cc1c[n+](CC(=O)c2ccc(O)c(C(C)(C)C)c2C(C)(C)C)cs1. The largest absolute Gasteiger partial charge is 0.508 e. The van der Waals surface area contributed by atoms with Gasteiger partial charge in [0.05, 0.1) is 4.88 Å². The summed E-state index contributed by atoms with van der Waals surface area (Å²) in [4.78, 5) is 14.2. The third-order valence-electron chi connectivity index (χ3n) is 4.03. The van der Waals surface area contributed by atoms with Gasteiger partial charge in [0.2, 0.25) is 17.8 Å². The second kappa shape index (κ2) is 6.32. The second-order valence-corrected chi connectivity index (χ2v) is 9.53. The van der Waals surface area contributed by atoms with E-state index in [2.05, 4.69) is 41.5 Å². The molecule has 0 spiro atoms. The Hall–Kier alpha value is -1.68. The number of hydrogen-bond acceptors (Lipinski definition) is 3. The van der Waals surface area contributed by atoms with Crippen LogP contribution in [0.15, 0.2) is 23.8 Å². The number of nitrogens with zero attached hydrogens (tertiary/aromatic N) is 1. The summed E-state index contributed by atoms with van der Waals surface area (Å²) in [5, 5.41) is 10.5. The number of hydrogen-bond donors (Lipinski definition) is 1. The van der Waals surface area contributed by atoms with Crippen molar-refractivity contribution in [2.24, 2.45) is 0 Å². The lowest BCUT2D eigenvalue weighted by molar-refractivity contribution is -0.678. The number of thiazole rings is 1. The topological polar surface area (TPSA) is 41.2 Å². The summed E-state index contributed by atoms with van der Waals surface area (Å²) < 4.78 is 1.93. The zero-order valence-electron chi connectivity index (χ0n) is 15.7. The number of aromatic nitrogens is 1. The molecule has 0 saturated heterocycles. The molecule has 0 amide bonds. The lowest BCUT2D eigenvalue weighted by Gasteiger charge is -2.32. The molecule has 2 aromatic rings. The molecule has 1 aromatic heterocycles. The van der Waals surface area contributed by atoms with Gasteiger partial charge in [-0.1, -0.05) is 52.9 Å². The molecule has 2 rings (SSSR count). The summed E-state index contributed by atoms with van der Waals surface area (Å²) in [6, 6.07) is 3.43. The lowest BCUT2D eigenvalue weighted by atomic mass is 9.72. The number of phenols is 1. The highest BCUT2D eigenvalue weighted by atomic mass is 32.1. The van der Waals surface area contributed by atoms with Crippen LogP contribution in [0.1, 0.15) is 67.9 Å². The molecule has 0 aliphatic carbocycles. The van der Waals surface area contributed by atoms with Gasteiger partial charge in [-0.25, -0.2) is 0 Å². The van der Waals surface area contributed by atoms with Crippen LogP contribution in [-0.4, -0.2) is 10.9 Å². The van der Waals surface area contributed by atoms with Gasteiger partial charge in [0, 0.05) is 11.1 Å². The van der Waals surface area contributed by atoms with Gasteiger partial charge in [0.25, 0.3) is 0 Å². The van der Waals surface area contributed by atoms with Gasteiger partial charge in [-0.2, -0.15) is 4.57 Å². The summed E-state index contributed by atoms with van der Waals surface area (Å²) in [6.07, 6.45) is 1.99. The molecule has 130 valence electrons. The van der Waals surface area contributed by atoms with Crippen LogP contribution in [0.5, 0.6) is 5.75 Å². The minimum Gasteiger partial charge on any atom is -0.508 e. The van der Waals surface area contributed by atoms with Crippen molar-refractivity contribution in [3.63, 3.8) is 0 Å². The first-order chi connectivity index (χ1) is 10.9. The summed E-state index contributed by atoms with van der Waals surface area (Å²) in [7, 11) is 0. The second-order valence-electron chi connectivity index (χ2n) is 8.44. The molecule has 4 heteroatoms. The average Bonchev–Trinajstić information content (AvgIpc) is 2.81. The van der Waals surface area contributed by atoms with Crippen molar-refractivity contribution >= 4 is 17.1 Å². The number of ketones is 1. The number of Topliss-reactive ketones (excluding diaryl/α,β-unsaturated/α-hetero) is 1. The van der Waals surface area contributed by atoms with Gasteiger partial charge in [-0.3, -0.25) is 4.79 Å². The highest BCUT2D eigenvalue weighted by Gasteiger charge is 2.33. The third kappa shape index (κ3) is 3.86. The van der Waals surface area contributed by atoms with Gasteiger partial charge in [0.1, 0.15) is 5.75 Å². The fraction of sp³-hybridized carbons (Fsp3) is 0.500. The Morgan fingerprint density at radius 1 is 1.08 bits per heavy atom. The van der Waals surface area contributed by atoms with Gasteiger partial charge in [0.15, 0.2) is 6.20 Å². The smallest absolute Gasteiger partial charge is 0.227 e. The average molecular weight is 347 g/mol. The van der Waals surface area contributed by atoms with Gasteiger partial charge >= 0.3 is 0 Å². The van der Waals surface area contributed by atoms with Crippen molar-refractivity contribution in [3.8, 4) is 5.75 Å². The molecule has 0 aliphatic rings. The molecule has 0 radical (unpaired) electrons. The Morgan fingerprint density at radius 3 is 2.12 bits per heavy atom. The van der Waals surface area contributed by atoms with Crippen LogP contribution in [-0.2, 0) is 17.4 Å². The molecule has 0 aliphatic heterocycles. The summed E-state index contributed by atoms with van der Waals surface area (Å²) in [5.74, 6) is 0.344. The van der Waals surface area contributed by atoms with E-state index in [-0.39, 0.29) is 22.4 Å². The molecular weight excluding hydrogens is 318 g/mol. The van der Waals surface area contributed by atoms with E-state index in [1.165, 1.54) is 4.88 Å². The van der Waals surface area contributed by atoms with Crippen LogP contribution < -0.4 is 4.57 Å². The van der Waals surface area contributed by atoms with Gasteiger partial charge in [-0.05, 0) is 35.4 Å². The van der Waals surface area contributed by atoms with Crippen molar-refractivity contribution in [1.29, 1.82) is 0 Å². The number of carbonyl (C=O) groups is 1. The standard InChI is InChI=1S/C20H27NO2S/c1-13-10-21(12-24-13)11-16(23)14-8-9-15(22)18(20(5,6)7)17(14)19(2,3)4/h8-10,12H,11H2,1-7H3/p+1. The zero-order valence-corrected chi connectivity index (χ0v) is 16.5. The fourth-order valence-electron chi connectivity index (χ4n) is 3.14. The third-order valence-corrected chi connectivity index (χ3v) is 4.88. The molecule has 1 heterocycles. The van der Waals surface area contributed by atoms with Crippen molar-refractivity contribution in [2.75, 3.05) is 0 Å². The first-order valence-corrected chi connectivity index (χ1v) is 9.13. The van der Waals surface area contributed by atoms with Crippen molar-refractivity contribution < 1.29 is 14.5 Å². The molecule has 1 N–H and O–H groups in total. The maximum absolute atomic E-state index is 13.0. The summed E-state index contributed by atoms with van der Waals surface area (Å²) in [6.45, 7) is 14.8. The van der Waals surface area contributed by atoms with Crippen LogP contribution in [0, 0.1) is 6.92 Å². The Bertz CT molecular complexity index is 761. The molecular formula is C20H28NO2S+. The number of carbonyl (C=O) groups excluding carboxylic acids is 1. The van der Waals surface area contributed by atoms with E-state index in [9.17, 15) is 9.90 Å². The predicted molar refractivity (Wildman–Crippen MR) is 99.1 cm³/mol. The lowest BCUT2D eigenvalue weighted by Crippen LogP contribution is -2.36. The molecule has 0 fully saturated rings. The minimum absolute atomic E-state index is 0.0771. The van der Waals surface area contributed by atoms with E-state index in [0.29, 0.717) is 12.1 Å². The molecule has 0 saturated carbocycles. The molecule has 1 aromatic carbocycles. The Labute approximate surface area is 149 Å².